The molecule has 0 aliphatic carbocycles. The average Bonchev–Trinajstić information content (AvgIpc) is 2.80. The van der Waals surface area contributed by atoms with E-state index in [1.807, 2.05) is 23.1 Å². The van der Waals surface area contributed by atoms with Crippen molar-refractivity contribution >= 4 is 5.91 Å². The van der Waals surface area contributed by atoms with Gasteiger partial charge >= 0.3 is 0 Å². The molecule has 1 saturated heterocycles. The molecular formula is C18H28N2O. The minimum Gasteiger partial charge on any atom is -0.340 e. The number of carbonyl (C=O) groups is 1. The minimum absolute atomic E-state index is 0.0546. The van der Waals surface area contributed by atoms with Crippen molar-refractivity contribution in [2.75, 3.05) is 13.1 Å². The smallest absolute Gasteiger partial charge is 0.222 e. The lowest BCUT2D eigenvalue weighted by Crippen LogP contribution is -2.32. The van der Waals surface area contributed by atoms with Crippen LogP contribution in [0.5, 0.6) is 0 Å². The van der Waals surface area contributed by atoms with E-state index in [0.717, 1.165) is 19.4 Å². The lowest BCUT2D eigenvalue weighted by Gasteiger charge is -2.20. The maximum Gasteiger partial charge on any atom is 0.222 e. The monoisotopic (exact) mass is 288 g/mol. The lowest BCUT2D eigenvalue weighted by atomic mass is 9.90. The number of likely N-dealkylation sites (tertiary alicyclic amines) is 1. The van der Waals surface area contributed by atoms with Crippen molar-refractivity contribution in [3.63, 3.8) is 0 Å². The highest BCUT2D eigenvalue weighted by Gasteiger charge is 2.33. The van der Waals surface area contributed by atoms with Crippen LogP contribution in [0.15, 0.2) is 30.3 Å². The van der Waals surface area contributed by atoms with Crippen LogP contribution in [0.1, 0.15) is 51.5 Å². The number of hydrogen-bond acceptors (Lipinski definition) is 2. The first-order chi connectivity index (χ1) is 9.87. The molecule has 1 fully saturated rings. The third-order valence-electron chi connectivity index (χ3n) is 4.26. The predicted molar refractivity (Wildman–Crippen MR) is 87.0 cm³/mol. The second-order valence-corrected chi connectivity index (χ2v) is 7.39. The Morgan fingerprint density at radius 2 is 1.90 bits per heavy atom. The maximum atomic E-state index is 12.3. The molecule has 0 bridgehead atoms. The first-order valence-electron chi connectivity index (χ1n) is 7.95. The van der Waals surface area contributed by atoms with Crippen LogP contribution >= 0.6 is 0 Å². The Kier molecular flexibility index (Phi) is 5.04. The van der Waals surface area contributed by atoms with Gasteiger partial charge in [-0.15, -0.1) is 0 Å². The average molecular weight is 288 g/mol. The van der Waals surface area contributed by atoms with E-state index in [4.69, 9.17) is 5.73 Å². The summed E-state index contributed by atoms with van der Waals surface area (Å²) in [7, 11) is 0. The van der Waals surface area contributed by atoms with Crippen molar-refractivity contribution < 1.29 is 4.79 Å². The lowest BCUT2D eigenvalue weighted by molar-refractivity contribution is -0.130. The van der Waals surface area contributed by atoms with Gasteiger partial charge in [0, 0.05) is 31.5 Å². The number of nitrogens with two attached hydrogens (primary N) is 1. The van der Waals surface area contributed by atoms with Crippen molar-refractivity contribution in [1.82, 2.24) is 4.90 Å². The molecule has 1 heterocycles. The summed E-state index contributed by atoms with van der Waals surface area (Å²) in [5.41, 5.74) is 7.79. The molecule has 1 aliphatic rings. The highest BCUT2D eigenvalue weighted by atomic mass is 16.2. The quantitative estimate of drug-likeness (QED) is 0.925. The van der Waals surface area contributed by atoms with Crippen molar-refractivity contribution in [2.45, 2.75) is 52.0 Å². The van der Waals surface area contributed by atoms with Gasteiger partial charge in [0.2, 0.25) is 5.91 Å². The topological polar surface area (TPSA) is 46.3 Å². The highest BCUT2D eigenvalue weighted by molar-refractivity contribution is 5.76. The molecule has 2 N–H and O–H groups in total. The molecule has 2 atom stereocenters. The predicted octanol–water partition coefficient (Wildman–Crippen LogP) is 3.16. The molecule has 116 valence electrons. The van der Waals surface area contributed by atoms with Crippen LogP contribution in [-0.2, 0) is 4.79 Å². The summed E-state index contributed by atoms with van der Waals surface area (Å²) >= 11 is 0. The van der Waals surface area contributed by atoms with Gasteiger partial charge in [-0.25, -0.2) is 0 Å². The molecule has 2 rings (SSSR count). The van der Waals surface area contributed by atoms with Gasteiger partial charge < -0.3 is 10.6 Å². The highest BCUT2D eigenvalue weighted by Crippen LogP contribution is 2.27. The molecular weight excluding hydrogens is 260 g/mol. The number of benzene rings is 1. The third kappa shape index (κ3) is 4.57. The summed E-state index contributed by atoms with van der Waals surface area (Å²) in [5, 5.41) is 0. The van der Waals surface area contributed by atoms with Crippen molar-refractivity contribution in [3.8, 4) is 0 Å². The Morgan fingerprint density at radius 3 is 2.52 bits per heavy atom. The molecule has 1 aliphatic heterocycles. The Hall–Kier alpha value is -1.35. The first kappa shape index (κ1) is 16.0. The van der Waals surface area contributed by atoms with Crippen molar-refractivity contribution in [3.05, 3.63) is 35.9 Å². The van der Waals surface area contributed by atoms with Crippen molar-refractivity contribution in [1.29, 1.82) is 0 Å². The summed E-state index contributed by atoms with van der Waals surface area (Å²) in [5.74, 6) is 0.533. The van der Waals surface area contributed by atoms with E-state index in [0.29, 0.717) is 18.4 Å². The third-order valence-corrected chi connectivity index (χ3v) is 4.26. The first-order valence-corrected chi connectivity index (χ1v) is 7.95. The second-order valence-electron chi connectivity index (χ2n) is 7.39. The molecule has 1 aromatic carbocycles. The van der Waals surface area contributed by atoms with Crippen LogP contribution in [0.2, 0.25) is 0 Å². The normalized spacial score (nSPS) is 22.6. The number of amides is 1. The zero-order valence-corrected chi connectivity index (χ0v) is 13.5. The fourth-order valence-corrected chi connectivity index (χ4v) is 3.01. The molecule has 0 aromatic heterocycles. The fourth-order valence-electron chi connectivity index (χ4n) is 3.01. The Labute approximate surface area is 128 Å². The Bertz CT molecular complexity index is 464. The van der Waals surface area contributed by atoms with E-state index in [1.54, 1.807) is 0 Å². The summed E-state index contributed by atoms with van der Waals surface area (Å²) in [4.78, 5) is 14.3. The van der Waals surface area contributed by atoms with E-state index < -0.39 is 0 Å². The van der Waals surface area contributed by atoms with Gasteiger partial charge in [-0.1, -0.05) is 51.1 Å². The van der Waals surface area contributed by atoms with E-state index in [9.17, 15) is 4.79 Å². The number of hydrogen-bond donors (Lipinski definition) is 1. The van der Waals surface area contributed by atoms with Gasteiger partial charge in [-0.2, -0.15) is 0 Å². The van der Waals surface area contributed by atoms with Crippen molar-refractivity contribution in [2.24, 2.45) is 11.1 Å². The molecule has 0 radical (unpaired) electrons. The van der Waals surface area contributed by atoms with E-state index in [2.05, 4.69) is 32.9 Å². The molecule has 0 saturated carbocycles. The number of carbonyl (C=O) groups excluding carboxylic acids is 1. The summed E-state index contributed by atoms with van der Waals surface area (Å²) in [6.07, 6.45) is 2.69. The second kappa shape index (κ2) is 6.61. The maximum absolute atomic E-state index is 12.3. The molecule has 1 aromatic rings. The zero-order chi connectivity index (χ0) is 15.5. The van der Waals surface area contributed by atoms with Crippen LogP contribution in [0.25, 0.3) is 0 Å². The zero-order valence-electron chi connectivity index (χ0n) is 13.5. The van der Waals surface area contributed by atoms with E-state index >= 15 is 0 Å². The summed E-state index contributed by atoms with van der Waals surface area (Å²) in [6, 6.07) is 10.4. The van der Waals surface area contributed by atoms with Crippen LogP contribution in [0, 0.1) is 5.41 Å². The summed E-state index contributed by atoms with van der Waals surface area (Å²) < 4.78 is 0. The van der Waals surface area contributed by atoms with Crippen LogP contribution in [0.3, 0.4) is 0 Å². The van der Waals surface area contributed by atoms with Gasteiger partial charge in [0.25, 0.3) is 0 Å². The van der Waals surface area contributed by atoms with Gasteiger partial charge in [-0.3, -0.25) is 4.79 Å². The fraction of sp³-hybridized carbons (Fsp3) is 0.611. The van der Waals surface area contributed by atoms with E-state index in [1.165, 1.54) is 5.56 Å². The molecule has 0 spiro atoms. The molecule has 0 unspecified atom stereocenters. The number of rotatable bonds is 4. The molecule has 3 nitrogen and oxygen atoms in total. The van der Waals surface area contributed by atoms with Gasteiger partial charge in [0.15, 0.2) is 0 Å². The summed E-state index contributed by atoms with van der Waals surface area (Å²) in [6.45, 7) is 8.10. The van der Waals surface area contributed by atoms with Gasteiger partial charge in [0.05, 0.1) is 0 Å². The molecule has 21 heavy (non-hydrogen) atoms. The van der Waals surface area contributed by atoms with Crippen LogP contribution in [0.4, 0.5) is 0 Å². The Morgan fingerprint density at radius 1 is 1.24 bits per heavy atom. The molecule has 1 amide bonds. The SMILES string of the molecule is CC(C)(C)CCCC(=O)N1C[C@@H](N)[C@H](c2ccccc2)C1. The van der Waals surface area contributed by atoms with Gasteiger partial charge in [0.1, 0.15) is 0 Å². The molecule has 3 heteroatoms. The Balaban J connectivity index is 1.87. The van der Waals surface area contributed by atoms with Gasteiger partial charge in [-0.05, 0) is 23.8 Å². The standard InChI is InChI=1S/C18H28N2O/c1-18(2,3)11-7-10-17(21)20-12-15(16(19)13-20)14-8-5-4-6-9-14/h4-6,8-9,15-16H,7,10-13,19H2,1-3H3/t15-,16+/m0/s1. The van der Waals surface area contributed by atoms with Crippen LogP contribution in [-0.4, -0.2) is 29.9 Å². The largest absolute Gasteiger partial charge is 0.340 e. The van der Waals surface area contributed by atoms with E-state index in [-0.39, 0.29) is 17.9 Å². The minimum atomic E-state index is 0.0546. The van der Waals surface area contributed by atoms with Crippen LogP contribution < -0.4 is 5.73 Å². The number of nitrogens with zero attached hydrogens (tertiary/aromatic N) is 1.